The van der Waals surface area contributed by atoms with E-state index in [0.29, 0.717) is 12.8 Å². The van der Waals surface area contributed by atoms with Gasteiger partial charge in [0.1, 0.15) is 6.04 Å². The largest absolute Gasteiger partial charge is 0.344 e. The van der Waals surface area contributed by atoms with Gasteiger partial charge in [-0.25, -0.2) is 4.98 Å². The Morgan fingerprint density at radius 1 is 1.43 bits per heavy atom. The molecule has 3 rings (SSSR count). The summed E-state index contributed by atoms with van der Waals surface area (Å²) < 4.78 is 1.01. The van der Waals surface area contributed by atoms with Gasteiger partial charge in [0.2, 0.25) is 11.8 Å². The number of anilines is 1. The number of nitrogens with zero attached hydrogens (tertiary/aromatic N) is 1. The average Bonchev–Trinajstić information content (AvgIpc) is 3.10. The average molecular weight is 347 g/mol. The Kier molecular flexibility index (Phi) is 4.68. The Morgan fingerprint density at radius 2 is 2.26 bits per heavy atom. The molecular weight excluding hydrogens is 330 g/mol. The lowest BCUT2D eigenvalue weighted by atomic mass is 10.1. The standard InChI is InChI=1S/C16H17N3O2S2/c1-9-7-11(23-16-17-10(2)8-22-16)3-4-12(9)19-15(21)13-5-6-14(20)18-13/h3-4,7-8,13H,5-6H2,1-2H3,(H,18,20)(H,19,21)/t13-/m1/s1. The lowest BCUT2D eigenvalue weighted by Gasteiger charge is -2.13. The zero-order valence-corrected chi connectivity index (χ0v) is 14.5. The summed E-state index contributed by atoms with van der Waals surface area (Å²) in [7, 11) is 0. The first-order chi connectivity index (χ1) is 11.0. The number of hydrogen-bond donors (Lipinski definition) is 2. The highest BCUT2D eigenvalue weighted by Gasteiger charge is 2.27. The number of aromatic nitrogens is 1. The zero-order valence-electron chi connectivity index (χ0n) is 12.9. The second-order valence-corrected chi connectivity index (χ2v) is 7.66. The molecule has 1 aliphatic rings. The molecule has 0 spiro atoms. The smallest absolute Gasteiger partial charge is 0.246 e. The van der Waals surface area contributed by atoms with Crippen molar-refractivity contribution in [2.45, 2.75) is 42.0 Å². The summed E-state index contributed by atoms with van der Waals surface area (Å²) in [6.45, 7) is 3.94. The molecule has 23 heavy (non-hydrogen) atoms. The Hall–Kier alpha value is -1.86. The van der Waals surface area contributed by atoms with Crippen LogP contribution in [0.5, 0.6) is 0 Å². The van der Waals surface area contributed by atoms with Gasteiger partial charge in [-0.1, -0.05) is 11.8 Å². The van der Waals surface area contributed by atoms with Gasteiger partial charge in [-0.2, -0.15) is 0 Å². The summed E-state index contributed by atoms with van der Waals surface area (Å²) in [5.41, 5.74) is 2.79. The van der Waals surface area contributed by atoms with Crippen molar-refractivity contribution in [1.29, 1.82) is 0 Å². The molecule has 5 nitrogen and oxygen atoms in total. The summed E-state index contributed by atoms with van der Waals surface area (Å²) in [6, 6.07) is 5.48. The van der Waals surface area contributed by atoms with Gasteiger partial charge in [-0.05, 0) is 44.0 Å². The minimum absolute atomic E-state index is 0.0626. The van der Waals surface area contributed by atoms with Crippen LogP contribution in [0, 0.1) is 13.8 Å². The number of hydrogen-bond acceptors (Lipinski definition) is 5. The van der Waals surface area contributed by atoms with Gasteiger partial charge >= 0.3 is 0 Å². The van der Waals surface area contributed by atoms with Crippen molar-refractivity contribution in [1.82, 2.24) is 10.3 Å². The first kappa shape index (κ1) is 16.0. The molecule has 1 atom stereocenters. The van der Waals surface area contributed by atoms with Crippen LogP contribution >= 0.6 is 23.1 Å². The van der Waals surface area contributed by atoms with Crippen molar-refractivity contribution in [3.63, 3.8) is 0 Å². The van der Waals surface area contributed by atoms with E-state index in [2.05, 4.69) is 15.6 Å². The predicted molar refractivity (Wildman–Crippen MR) is 91.9 cm³/mol. The van der Waals surface area contributed by atoms with Gasteiger partial charge in [0.05, 0.1) is 0 Å². The van der Waals surface area contributed by atoms with Gasteiger partial charge in [-0.15, -0.1) is 11.3 Å². The van der Waals surface area contributed by atoms with Gasteiger partial charge in [0.15, 0.2) is 4.34 Å². The first-order valence-corrected chi connectivity index (χ1v) is 9.02. The van der Waals surface area contributed by atoms with Crippen LogP contribution in [0.15, 0.2) is 32.8 Å². The highest BCUT2D eigenvalue weighted by atomic mass is 32.2. The number of rotatable bonds is 4. The Bertz CT molecular complexity index is 758. The summed E-state index contributed by atoms with van der Waals surface area (Å²) in [5.74, 6) is -0.220. The summed E-state index contributed by atoms with van der Waals surface area (Å²) in [6.07, 6.45) is 0.973. The number of amides is 2. The van der Waals surface area contributed by atoms with E-state index in [-0.39, 0.29) is 11.8 Å². The molecule has 2 aromatic rings. The predicted octanol–water partition coefficient (Wildman–Crippen LogP) is 3.13. The topological polar surface area (TPSA) is 71.1 Å². The van der Waals surface area contributed by atoms with E-state index in [9.17, 15) is 9.59 Å². The van der Waals surface area contributed by atoms with Crippen molar-refractivity contribution >= 4 is 40.6 Å². The maximum Gasteiger partial charge on any atom is 0.246 e. The van der Waals surface area contributed by atoms with Crippen LogP contribution in [0.3, 0.4) is 0 Å². The Morgan fingerprint density at radius 3 is 2.87 bits per heavy atom. The van der Waals surface area contributed by atoms with E-state index >= 15 is 0 Å². The van der Waals surface area contributed by atoms with E-state index in [0.717, 1.165) is 26.2 Å². The van der Waals surface area contributed by atoms with E-state index in [1.807, 2.05) is 37.4 Å². The quantitative estimate of drug-likeness (QED) is 0.891. The van der Waals surface area contributed by atoms with Crippen LogP contribution in [-0.4, -0.2) is 22.8 Å². The third-order valence-electron chi connectivity index (χ3n) is 3.57. The van der Waals surface area contributed by atoms with Crippen molar-refractivity contribution in [3.05, 3.63) is 34.8 Å². The SMILES string of the molecule is Cc1csc(Sc2ccc(NC(=O)[C@H]3CCC(=O)N3)c(C)c2)n1. The highest BCUT2D eigenvalue weighted by Crippen LogP contribution is 2.32. The fourth-order valence-corrected chi connectivity index (χ4v) is 4.26. The van der Waals surface area contributed by atoms with E-state index in [1.54, 1.807) is 23.1 Å². The normalized spacial score (nSPS) is 17.1. The zero-order chi connectivity index (χ0) is 16.4. The molecule has 120 valence electrons. The van der Waals surface area contributed by atoms with Gasteiger partial charge in [0, 0.05) is 28.1 Å². The Balaban J connectivity index is 1.67. The highest BCUT2D eigenvalue weighted by molar-refractivity contribution is 8.01. The number of carbonyl (C=O) groups excluding carboxylic acids is 2. The fourth-order valence-electron chi connectivity index (χ4n) is 2.35. The number of thiazole rings is 1. The first-order valence-electron chi connectivity index (χ1n) is 7.32. The van der Waals surface area contributed by atoms with Gasteiger partial charge in [-0.3, -0.25) is 9.59 Å². The van der Waals surface area contributed by atoms with Crippen LogP contribution in [0.25, 0.3) is 0 Å². The maximum atomic E-state index is 12.2. The molecule has 0 unspecified atom stereocenters. The van der Waals surface area contributed by atoms with E-state index in [1.165, 1.54) is 0 Å². The molecular formula is C16H17N3O2S2. The monoisotopic (exact) mass is 347 g/mol. The molecule has 7 heteroatoms. The number of nitrogens with one attached hydrogen (secondary N) is 2. The summed E-state index contributed by atoms with van der Waals surface area (Å²) >= 11 is 3.24. The third kappa shape index (κ3) is 3.92. The lowest BCUT2D eigenvalue weighted by molar-refractivity contribution is -0.122. The second-order valence-electron chi connectivity index (χ2n) is 5.48. The van der Waals surface area contributed by atoms with E-state index < -0.39 is 6.04 Å². The molecule has 2 N–H and O–H groups in total. The minimum Gasteiger partial charge on any atom is -0.344 e. The second kappa shape index (κ2) is 6.72. The Labute approximate surface area is 142 Å². The molecule has 2 amide bonds. The summed E-state index contributed by atoms with van der Waals surface area (Å²) in [5, 5.41) is 7.60. The number of carbonyl (C=O) groups is 2. The lowest BCUT2D eigenvalue weighted by Crippen LogP contribution is -2.37. The van der Waals surface area contributed by atoms with Crippen LogP contribution < -0.4 is 10.6 Å². The van der Waals surface area contributed by atoms with Gasteiger partial charge < -0.3 is 10.6 Å². The van der Waals surface area contributed by atoms with Crippen LogP contribution in [0.4, 0.5) is 5.69 Å². The number of aryl methyl sites for hydroxylation is 2. The van der Waals surface area contributed by atoms with Crippen molar-refractivity contribution in [2.75, 3.05) is 5.32 Å². The maximum absolute atomic E-state index is 12.2. The van der Waals surface area contributed by atoms with E-state index in [4.69, 9.17) is 0 Å². The molecule has 2 heterocycles. The molecule has 1 saturated heterocycles. The molecule has 0 radical (unpaired) electrons. The van der Waals surface area contributed by atoms with Crippen molar-refractivity contribution < 1.29 is 9.59 Å². The van der Waals surface area contributed by atoms with Crippen LogP contribution in [0.2, 0.25) is 0 Å². The minimum atomic E-state index is -0.422. The molecule has 1 aliphatic heterocycles. The fraction of sp³-hybridized carbons (Fsp3) is 0.312. The van der Waals surface area contributed by atoms with Crippen molar-refractivity contribution in [2.24, 2.45) is 0 Å². The number of benzene rings is 1. The molecule has 0 saturated carbocycles. The van der Waals surface area contributed by atoms with Crippen LogP contribution in [-0.2, 0) is 9.59 Å². The van der Waals surface area contributed by atoms with Gasteiger partial charge in [0.25, 0.3) is 0 Å². The third-order valence-corrected chi connectivity index (χ3v) is 5.62. The molecule has 0 bridgehead atoms. The van der Waals surface area contributed by atoms with Crippen molar-refractivity contribution in [3.8, 4) is 0 Å². The summed E-state index contributed by atoms with van der Waals surface area (Å²) in [4.78, 5) is 28.9. The molecule has 1 aromatic carbocycles. The molecule has 0 aliphatic carbocycles. The van der Waals surface area contributed by atoms with Crippen LogP contribution in [0.1, 0.15) is 24.1 Å². The molecule has 1 fully saturated rings. The molecule has 1 aromatic heterocycles.